The Bertz CT molecular complexity index is 1080. The Labute approximate surface area is 207 Å². The average molecular weight is 478 g/mol. The zero-order chi connectivity index (χ0) is 24.3. The molecule has 0 bridgehead atoms. The molecule has 0 aliphatic carbocycles. The van der Waals surface area contributed by atoms with E-state index in [0.29, 0.717) is 44.0 Å². The fraction of sp³-hybridized carbons (Fsp3) is 0.310. The second-order valence-corrected chi connectivity index (χ2v) is 8.74. The minimum absolute atomic E-state index is 0.0467. The molecule has 34 heavy (non-hydrogen) atoms. The summed E-state index contributed by atoms with van der Waals surface area (Å²) < 4.78 is 5.92. The van der Waals surface area contributed by atoms with Crippen molar-refractivity contribution in [2.24, 2.45) is 0 Å². The molecule has 0 N–H and O–H groups in total. The molecule has 3 aromatic carbocycles. The quantitative estimate of drug-likeness (QED) is 0.278. The van der Waals surface area contributed by atoms with E-state index in [1.807, 2.05) is 84.6 Å². The van der Waals surface area contributed by atoms with E-state index in [9.17, 15) is 9.59 Å². The van der Waals surface area contributed by atoms with Crippen molar-refractivity contribution in [1.82, 2.24) is 4.90 Å². The molecule has 0 saturated heterocycles. The third kappa shape index (κ3) is 7.46. The monoisotopic (exact) mass is 477 g/mol. The summed E-state index contributed by atoms with van der Waals surface area (Å²) in [5.41, 5.74) is 3.68. The molecule has 0 aliphatic rings. The van der Waals surface area contributed by atoms with Crippen molar-refractivity contribution in [3.8, 4) is 5.75 Å². The first-order valence-corrected chi connectivity index (χ1v) is 12.2. The van der Waals surface area contributed by atoms with Crippen molar-refractivity contribution < 1.29 is 14.3 Å². The lowest BCUT2D eigenvalue weighted by Crippen LogP contribution is -2.34. The van der Waals surface area contributed by atoms with Crippen LogP contribution in [0.15, 0.2) is 72.8 Å². The van der Waals surface area contributed by atoms with Crippen LogP contribution in [0.1, 0.15) is 53.7 Å². The standard InChI is InChI=1S/C29H32ClNO3/c1-3-18-34-28-15-14-26(30)20-25(28)21-31(29(33)19-23-8-6-5-7-9-23)17-16-22-10-12-24(13-11-22)27(32)4-2/h5-15,20H,3-4,16-19,21H2,1-2H3. The lowest BCUT2D eigenvalue weighted by Gasteiger charge is -2.24. The molecule has 3 aromatic rings. The Kier molecular flexibility index (Phi) is 9.72. The molecular weight excluding hydrogens is 446 g/mol. The van der Waals surface area contributed by atoms with Crippen LogP contribution in [0.25, 0.3) is 0 Å². The summed E-state index contributed by atoms with van der Waals surface area (Å²) in [7, 11) is 0. The highest BCUT2D eigenvalue weighted by molar-refractivity contribution is 6.30. The van der Waals surface area contributed by atoms with Gasteiger partial charge in [0.15, 0.2) is 5.78 Å². The summed E-state index contributed by atoms with van der Waals surface area (Å²) in [6.45, 7) is 5.49. The highest BCUT2D eigenvalue weighted by atomic mass is 35.5. The molecular formula is C29H32ClNO3. The van der Waals surface area contributed by atoms with Gasteiger partial charge in [-0.1, -0.05) is 80.0 Å². The summed E-state index contributed by atoms with van der Waals surface area (Å²) in [4.78, 5) is 27.1. The Morgan fingerprint density at radius 3 is 2.32 bits per heavy atom. The third-order valence-electron chi connectivity index (χ3n) is 5.66. The van der Waals surface area contributed by atoms with Crippen LogP contribution >= 0.6 is 11.6 Å². The van der Waals surface area contributed by atoms with Crippen LogP contribution < -0.4 is 4.74 Å². The van der Waals surface area contributed by atoms with Gasteiger partial charge in [-0.3, -0.25) is 9.59 Å². The molecule has 4 nitrogen and oxygen atoms in total. The number of halogens is 1. The molecule has 5 heteroatoms. The van der Waals surface area contributed by atoms with Gasteiger partial charge in [0.2, 0.25) is 5.91 Å². The van der Waals surface area contributed by atoms with Crippen molar-refractivity contribution in [1.29, 1.82) is 0 Å². The first kappa shape index (κ1) is 25.5. The highest BCUT2D eigenvalue weighted by Crippen LogP contribution is 2.25. The van der Waals surface area contributed by atoms with E-state index in [4.69, 9.17) is 16.3 Å². The third-order valence-corrected chi connectivity index (χ3v) is 5.90. The lowest BCUT2D eigenvalue weighted by molar-refractivity contribution is -0.131. The van der Waals surface area contributed by atoms with Crippen LogP contribution in [-0.2, 0) is 24.2 Å². The molecule has 1 amide bonds. The average Bonchev–Trinajstić information content (AvgIpc) is 2.86. The van der Waals surface area contributed by atoms with Gasteiger partial charge in [-0.25, -0.2) is 0 Å². The van der Waals surface area contributed by atoms with Gasteiger partial charge in [0.25, 0.3) is 0 Å². The minimum Gasteiger partial charge on any atom is -0.493 e. The number of rotatable bonds is 12. The van der Waals surface area contributed by atoms with Crippen molar-refractivity contribution in [2.45, 2.75) is 46.1 Å². The Hall–Kier alpha value is -3.11. The van der Waals surface area contributed by atoms with Crippen molar-refractivity contribution in [3.05, 3.63) is 100 Å². The van der Waals surface area contributed by atoms with Crippen LogP contribution in [0, 0.1) is 0 Å². The van der Waals surface area contributed by atoms with E-state index in [1.165, 1.54) is 0 Å². The molecule has 0 aromatic heterocycles. The summed E-state index contributed by atoms with van der Waals surface area (Å²) in [6, 6.07) is 23.0. The summed E-state index contributed by atoms with van der Waals surface area (Å²) in [6.07, 6.45) is 2.40. The Balaban J connectivity index is 1.79. The van der Waals surface area contributed by atoms with Gasteiger partial charge in [0, 0.05) is 35.7 Å². The second-order valence-electron chi connectivity index (χ2n) is 8.30. The van der Waals surface area contributed by atoms with Crippen LogP contribution in [0.5, 0.6) is 5.75 Å². The van der Waals surface area contributed by atoms with E-state index < -0.39 is 0 Å². The first-order chi connectivity index (χ1) is 16.5. The van der Waals surface area contributed by atoms with Gasteiger partial charge >= 0.3 is 0 Å². The fourth-order valence-electron chi connectivity index (χ4n) is 3.73. The normalized spacial score (nSPS) is 10.7. The number of ketones is 1. The summed E-state index contributed by atoms with van der Waals surface area (Å²) >= 11 is 6.28. The maximum Gasteiger partial charge on any atom is 0.227 e. The predicted molar refractivity (Wildman–Crippen MR) is 138 cm³/mol. The summed E-state index contributed by atoms with van der Waals surface area (Å²) in [5, 5.41) is 0.616. The van der Waals surface area contributed by atoms with E-state index >= 15 is 0 Å². The molecule has 0 aliphatic heterocycles. The van der Waals surface area contributed by atoms with E-state index in [1.54, 1.807) is 0 Å². The van der Waals surface area contributed by atoms with Gasteiger partial charge in [-0.05, 0) is 42.2 Å². The highest BCUT2D eigenvalue weighted by Gasteiger charge is 2.18. The SMILES string of the molecule is CCCOc1ccc(Cl)cc1CN(CCc1ccc(C(=O)CC)cc1)C(=O)Cc1ccccc1. The number of hydrogen-bond donors (Lipinski definition) is 0. The van der Waals surface area contributed by atoms with E-state index in [2.05, 4.69) is 6.92 Å². The maximum atomic E-state index is 13.3. The van der Waals surface area contributed by atoms with Gasteiger partial charge in [-0.2, -0.15) is 0 Å². The Morgan fingerprint density at radius 2 is 1.65 bits per heavy atom. The van der Waals surface area contributed by atoms with Gasteiger partial charge in [-0.15, -0.1) is 0 Å². The fourth-order valence-corrected chi connectivity index (χ4v) is 3.92. The molecule has 0 radical (unpaired) electrons. The van der Waals surface area contributed by atoms with E-state index in [-0.39, 0.29) is 11.7 Å². The molecule has 0 saturated carbocycles. The first-order valence-electron chi connectivity index (χ1n) is 11.8. The Morgan fingerprint density at radius 1 is 0.912 bits per heavy atom. The van der Waals surface area contributed by atoms with Crippen molar-refractivity contribution >= 4 is 23.3 Å². The number of carbonyl (C=O) groups is 2. The predicted octanol–water partition coefficient (Wildman–Crippen LogP) is 6.54. The largest absolute Gasteiger partial charge is 0.493 e. The van der Waals surface area contributed by atoms with Crippen LogP contribution in [0.4, 0.5) is 0 Å². The number of ether oxygens (including phenoxy) is 1. The van der Waals surface area contributed by atoms with Gasteiger partial charge in [0.05, 0.1) is 13.0 Å². The molecule has 3 rings (SSSR count). The molecule has 0 heterocycles. The minimum atomic E-state index is 0.0467. The van der Waals surface area contributed by atoms with Gasteiger partial charge < -0.3 is 9.64 Å². The maximum absolute atomic E-state index is 13.3. The molecule has 0 unspecified atom stereocenters. The summed E-state index contributed by atoms with van der Waals surface area (Å²) in [5.74, 6) is 0.934. The number of carbonyl (C=O) groups excluding carboxylic acids is 2. The number of hydrogen-bond acceptors (Lipinski definition) is 3. The topological polar surface area (TPSA) is 46.6 Å². The zero-order valence-corrected chi connectivity index (χ0v) is 20.7. The molecule has 0 spiro atoms. The number of benzene rings is 3. The zero-order valence-electron chi connectivity index (χ0n) is 19.9. The van der Waals surface area contributed by atoms with Crippen molar-refractivity contribution in [2.75, 3.05) is 13.2 Å². The second kappa shape index (κ2) is 13.0. The lowest BCUT2D eigenvalue weighted by atomic mass is 10.0. The smallest absolute Gasteiger partial charge is 0.227 e. The van der Waals surface area contributed by atoms with Gasteiger partial charge in [0.1, 0.15) is 5.75 Å². The van der Waals surface area contributed by atoms with Crippen molar-refractivity contribution in [3.63, 3.8) is 0 Å². The molecule has 0 atom stereocenters. The number of Topliss-reactive ketones (excluding diaryl/α,β-unsaturated/α-hetero) is 1. The number of amides is 1. The van der Waals surface area contributed by atoms with E-state index in [0.717, 1.165) is 34.4 Å². The van der Waals surface area contributed by atoms with Crippen LogP contribution in [0.3, 0.4) is 0 Å². The molecule has 178 valence electrons. The van der Waals surface area contributed by atoms with Crippen LogP contribution in [0.2, 0.25) is 5.02 Å². The number of nitrogens with zero attached hydrogens (tertiary/aromatic N) is 1. The van der Waals surface area contributed by atoms with Crippen LogP contribution in [-0.4, -0.2) is 29.7 Å². The molecule has 0 fully saturated rings.